The molecule has 1 heterocycles. The summed E-state index contributed by atoms with van der Waals surface area (Å²) < 4.78 is 7.29. The molecule has 3 aromatic rings. The molecule has 2 N–H and O–H groups in total. The number of anilines is 1. The van der Waals surface area contributed by atoms with Gasteiger partial charge in [-0.1, -0.05) is 44.8 Å². The Balaban J connectivity index is 2.22. The van der Waals surface area contributed by atoms with E-state index in [9.17, 15) is 0 Å². The third kappa shape index (κ3) is 2.86. The van der Waals surface area contributed by atoms with Crippen molar-refractivity contribution < 1.29 is 4.52 Å². The topological polar surface area (TPSA) is 52.0 Å². The van der Waals surface area contributed by atoms with Gasteiger partial charge in [0.1, 0.15) is 0 Å². The molecule has 3 nitrogen and oxygen atoms in total. The quantitative estimate of drug-likeness (QED) is 0.564. The summed E-state index contributed by atoms with van der Waals surface area (Å²) in [5.74, 6) is 0.941. The van der Waals surface area contributed by atoms with Gasteiger partial charge in [0.25, 0.3) is 0 Å². The number of halogens is 3. The fraction of sp³-hybridized carbons (Fsp3) is 0. The molecule has 106 valence electrons. The van der Waals surface area contributed by atoms with Crippen molar-refractivity contribution in [2.45, 2.75) is 0 Å². The zero-order valence-corrected chi connectivity index (χ0v) is 14.5. The summed E-state index contributed by atoms with van der Waals surface area (Å²) in [4.78, 5) is 0. The summed E-state index contributed by atoms with van der Waals surface area (Å²) in [5.41, 5.74) is 8.44. The predicted octanol–water partition coefficient (Wildman–Crippen LogP) is 5.77. The highest BCUT2D eigenvalue weighted by Crippen LogP contribution is 2.40. The first-order valence-corrected chi connectivity index (χ1v) is 7.99. The van der Waals surface area contributed by atoms with Crippen LogP contribution in [0.1, 0.15) is 0 Å². The zero-order valence-electron chi connectivity index (χ0n) is 10.6. The highest BCUT2D eigenvalue weighted by molar-refractivity contribution is 9.11. The molecule has 0 amide bonds. The van der Waals surface area contributed by atoms with Gasteiger partial charge in [-0.15, -0.1) is 0 Å². The first-order valence-electron chi connectivity index (χ1n) is 6.03. The molecule has 0 unspecified atom stereocenters. The van der Waals surface area contributed by atoms with Crippen LogP contribution in [0.4, 0.5) is 5.82 Å². The third-order valence-corrected chi connectivity index (χ3v) is 4.39. The van der Waals surface area contributed by atoms with Gasteiger partial charge < -0.3 is 10.3 Å². The van der Waals surface area contributed by atoms with Gasteiger partial charge in [0.05, 0.1) is 5.56 Å². The van der Waals surface area contributed by atoms with Gasteiger partial charge in [-0.3, -0.25) is 0 Å². The number of hydrogen-bond acceptors (Lipinski definition) is 3. The highest BCUT2D eigenvalue weighted by Gasteiger charge is 2.19. The molecule has 0 bridgehead atoms. The molecule has 0 saturated heterocycles. The molecule has 0 spiro atoms. The first-order chi connectivity index (χ1) is 10.1. The summed E-state index contributed by atoms with van der Waals surface area (Å²) in [6.07, 6.45) is 0. The molecule has 0 fully saturated rings. The van der Waals surface area contributed by atoms with Crippen LogP contribution in [0.15, 0.2) is 55.9 Å². The Bertz CT molecular complexity index is 817. The monoisotopic (exact) mass is 426 g/mol. The Morgan fingerprint density at radius 3 is 2.62 bits per heavy atom. The van der Waals surface area contributed by atoms with Gasteiger partial charge in [-0.05, 0) is 51.8 Å². The van der Waals surface area contributed by atoms with Crippen LogP contribution in [0.25, 0.3) is 22.5 Å². The average molecular weight is 429 g/mol. The van der Waals surface area contributed by atoms with E-state index in [1.165, 1.54) is 0 Å². The van der Waals surface area contributed by atoms with Gasteiger partial charge >= 0.3 is 0 Å². The van der Waals surface area contributed by atoms with Gasteiger partial charge in [0.15, 0.2) is 11.6 Å². The van der Waals surface area contributed by atoms with Crippen molar-refractivity contribution in [2.75, 3.05) is 5.73 Å². The SMILES string of the molecule is Nc1noc(-c2ccc(Br)cc2Br)c1-c1cccc(Cl)c1. The van der Waals surface area contributed by atoms with E-state index in [2.05, 4.69) is 37.0 Å². The Morgan fingerprint density at radius 1 is 1.10 bits per heavy atom. The lowest BCUT2D eigenvalue weighted by Gasteiger charge is -2.05. The molecule has 2 aromatic carbocycles. The summed E-state index contributed by atoms with van der Waals surface area (Å²) in [7, 11) is 0. The molecular formula is C15H9Br2ClN2O. The molecule has 3 rings (SSSR count). The third-order valence-electron chi connectivity index (χ3n) is 3.01. The Labute approximate surface area is 143 Å². The van der Waals surface area contributed by atoms with Gasteiger partial charge in [0.2, 0.25) is 0 Å². The number of rotatable bonds is 2. The molecule has 0 atom stereocenters. The fourth-order valence-corrected chi connectivity index (χ4v) is 3.50. The van der Waals surface area contributed by atoms with E-state index in [0.717, 1.165) is 25.6 Å². The van der Waals surface area contributed by atoms with Crippen LogP contribution >= 0.6 is 43.5 Å². The fourth-order valence-electron chi connectivity index (χ4n) is 2.08. The Hall–Kier alpha value is -1.30. The number of hydrogen-bond donors (Lipinski definition) is 1. The largest absolute Gasteiger partial charge is 0.380 e. The van der Waals surface area contributed by atoms with Crippen LogP contribution < -0.4 is 5.73 Å². The number of benzene rings is 2. The second kappa shape index (κ2) is 5.83. The van der Waals surface area contributed by atoms with Crippen molar-refractivity contribution in [3.8, 4) is 22.5 Å². The number of nitrogens with two attached hydrogens (primary N) is 1. The van der Waals surface area contributed by atoms with E-state index in [0.29, 0.717) is 16.6 Å². The normalized spacial score (nSPS) is 10.8. The van der Waals surface area contributed by atoms with Crippen molar-refractivity contribution in [1.29, 1.82) is 0 Å². The lowest BCUT2D eigenvalue weighted by atomic mass is 10.0. The highest BCUT2D eigenvalue weighted by atomic mass is 79.9. The van der Waals surface area contributed by atoms with Crippen molar-refractivity contribution >= 4 is 49.3 Å². The molecule has 1 aromatic heterocycles. The average Bonchev–Trinajstić information content (AvgIpc) is 2.80. The van der Waals surface area contributed by atoms with Crippen LogP contribution in [0.3, 0.4) is 0 Å². The minimum absolute atomic E-state index is 0.335. The smallest absolute Gasteiger partial charge is 0.178 e. The van der Waals surface area contributed by atoms with Crippen LogP contribution in [-0.4, -0.2) is 5.16 Å². The van der Waals surface area contributed by atoms with Crippen LogP contribution in [0, 0.1) is 0 Å². The minimum Gasteiger partial charge on any atom is -0.380 e. The summed E-state index contributed by atoms with van der Waals surface area (Å²) in [5, 5.41) is 4.52. The second-order valence-electron chi connectivity index (χ2n) is 4.41. The minimum atomic E-state index is 0.335. The van der Waals surface area contributed by atoms with E-state index in [1.54, 1.807) is 0 Å². The molecule has 0 aliphatic heterocycles. The van der Waals surface area contributed by atoms with Crippen molar-refractivity contribution in [3.05, 3.63) is 56.4 Å². The van der Waals surface area contributed by atoms with Crippen molar-refractivity contribution in [1.82, 2.24) is 5.16 Å². The molecule has 0 aliphatic rings. The van der Waals surface area contributed by atoms with Crippen LogP contribution in [-0.2, 0) is 0 Å². The predicted molar refractivity (Wildman–Crippen MR) is 92.2 cm³/mol. The van der Waals surface area contributed by atoms with E-state index >= 15 is 0 Å². The van der Waals surface area contributed by atoms with Gasteiger partial charge in [-0.25, -0.2) is 0 Å². The molecule has 6 heteroatoms. The summed E-state index contributed by atoms with van der Waals surface area (Å²) in [6.45, 7) is 0. The second-order valence-corrected chi connectivity index (χ2v) is 6.61. The van der Waals surface area contributed by atoms with Crippen LogP contribution in [0.2, 0.25) is 5.02 Å². The maximum absolute atomic E-state index is 6.06. The molecular weight excluding hydrogens is 419 g/mol. The Kier molecular flexibility index (Phi) is 4.06. The number of nitrogen functional groups attached to an aromatic ring is 1. The van der Waals surface area contributed by atoms with Gasteiger partial charge in [-0.2, -0.15) is 0 Å². The maximum atomic E-state index is 6.06. The molecule has 21 heavy (non-hydrogen) atoms. The molecule has 0 radical (unpaired) electrons. The van der Waals surface area contributed by atoms with Crippen molar-refractivity contribution in [2.24, 2.45) is 0 Å². The zero-order chi connectivity index (χ0) is 15.0. The summed E-state index contributed by atoms with van der Waals surface area (Å²) >= 11 is 13.0. The first kappa shape index (κ1) is 14.6. The van der Waals surface area contributed by atoms with E-state index in [1.807, 2.05) is 42.5 Å². The van der Waals surface area contributed by atoms with Crippen LogP contribution in [0.5, 0.6) is 0 Å². The van der Waals surface area contributed by atoms with E-state index in [-0.39, 0.29) is 0 Å². The van der Waals surface area contributed by atoms with E-state index < -0.39 is 0 Å². The number of aromatic nitrogens is 1. The standard InChI is InChI=1S/C15H9Br2ClN2O/c16-9-4-5-11(12(17)7-9)14-13(15(19)20-21-14)8-2-1-3-10(18)6-8/h1-7H,(H2,19,20). The molecule has 0 aliphatic carbocycles. The van der Waals surface area contributed by atoms with Gasteiger partial charge in [0, 0.05) is 19.5 Å². The lowest BCUT2D eigenvalue weighted by Crippen LogP contribution is -1.89. The Morgan fingerprint density at radius 2 is 1.90 bits per heavy atom. The maximum Gasteiger partial charge on any atom is 0.178 e. The molecule has 0 saturated carbocycles. The lowest BCUT2D eigenvalue weighted by molar-refractivity contribution is 0.436. The number of nitrogens with zero attached hydrogens (tertiary/aromatic N) is 1. The van der Waals surface area contributed by atoms with E-state index in [4.69, 9.17) is 21.9 Å². The summed E-state index contributed by atoms with van der Waals surface area (Å²) in [6, 6.07) is 13.2. The van der Waals surface area contributed by atoms with Crippen molar-refractivity contribution in [3.63, 3.8) is 0 Å².